The second-order valence-corrected chi connectivity index (χ2v) is 20.4. The molecule has 0 aliphatic carbocycles. The van der Waals surface area contributed by atoms with Crippen LogP contribution in [-0.2, 0) is 0 Å². The second kappa shape index (κ2) is 15.5. The topological polar surface area (TPSA) is 9.86 Å². The van der Waals surface area contributed by atoms with E-state index >= 15 is 0 Å². The summed E-state index contributed by atoms with van der Waals surface area (Å²) in [6.07, 6.45) is 0. The van der Waals surface area contributed by atoms with Gasteiger partial charge in [-0.05, 0) is 115 Å². The van der Waals surface area contributed by atoms with Crippen molar-refractivity contribution >= 4 is 128 Å². The molecule has 0 aliphatic rings. The molecule has 0 fully saturated rings. The third-order valence-electron chi connectivity index (χ3n) is 14.6. The molecule has 0 N–H and O–H groups in total. The summed E-state index contributed by atoms with van der Waals surface area (Å²) < 4.78 is 10.2. The van der Waals surface area contributed by atoms with Crippen molar-refractivity contribution in [3.05, 3.63) is 243 Å². The summed E-state index contributed by atoms with van der Waals surface area (Å²) in [5.41, 5.74) is 11.7. The Morgan fingerprint density at radius 3 is 1.06 bits per heavy atom. The molecule has 326 valence electrons. The van der Waals surface area contributed by atoms with Crippen LogP contribution in [0.4, 0.5) is 0 Å². The van der Waals surface area contributed by atoms with Crippen molar-refractivity contribution in [2.24, 2.45) is 0 Å². The van der Waals surface area contributed by atoms with Crippen molar-refractivity contribution in [1.29, 1.82) is 0 Å². The fourth-order valence-electron chi connectivity index (χ4n) is 11.6. The van der Waals surface area contributed by atoms with E-state index in [9.17, 15) is 0 Å². The minimum atomic E-state index is 1.12. The van der Waals surface area contributed by atoms with Gasteiger partial charge < -0.3 is 9.13 Å². The van der Waals surface area contributed by atoms with Crippen molar-refractivity contribution in [2.45, 2.75) is 0 Å². The number of aromatic nitrogens is 2. The number of thiophene rings is 2. The molecule has 4 heteroatoms. The summed E-state index contributed by atoms with van der Waals surface area (Å²) in [5.74, 6) is 0. The molecule has 0 spiro atoms. The Morgan fingerprint density at radius 2 is 0.571 bits per heavy atom. The highest BCUT2D eigenvalue weighted by molar-refractivity contribution is 7.26. The van der Waals surface area contributed by atoms with E-state index in [-0.39, 0.29) is 0 Å². The molecule has 0 radical (unpaired) electrons. The summed E-state index contributed by atoms with van der Waals surface area (Å²) in [6, 6.07) is 90.4. The van der Waals surface area contributed by atoms with Crippen molar-refractivity contribution < 1.29 is 0 Å². The normalized spacial score (nSPS) is 12.0. The van der Waals surface area contributed by atoms with Crippen molar-refractivity contribution in [1.82, 2.24) is 9.13 Å². The Balaban J connectivity index is 1.22. The molecule has 0 saturated heterocycles. The molecule has 0 bridgehead atoms. The molecule has 0 saturated carbocycles. The van der Waals surface area contributed by atoms with Gasteiger partial charge in [-0.15, -0.1) is 22.7 Å². The minimum absolute atomic E-state index is 1.12. The first-order valence-corrected chi connectivity index (χ1v) is 25.6. The molecule has 3 aromatic heterocycles. The van der Waals surface area contributed by atoms with Gasteiger partial charge in [0, 0.05) is 62.8 Å². The molecule has 15 rings (SSSR count). The lowest BCUT2D eigenvalue weighted by Crippen LogP contribution is -2.08. The summed E-state index contributed by atoms with van der Waals surface area (Å²) in [6.45, 7) is 0. The van der Waals surface area contributed by atoms with Crippen molar-refractivity contribution in [3.63, 3.8) is 0 Å². The summed E-state index contributed by atoms with van der Waals surface area (Å²) in [7, 11) is 0. The average Bonchev–Trinajstić information content (AvgIpc) is 4.01. The third-order valence-corrected chi connectivity index (χ3v) is 17.0. The summed E-state index contributed by atoms with van der Waals surface area (Å²) >= 11 is 3.80. The lowest BCUT2D eigenvalue weighted by atomic mass is 9.86. The molecule has 2 nitrogen and oxygen atoms in total. The number of hydrogen-bond donors (Lipinski definition) is 0. The first kappa shape index (κ1) is 39.5. The van der Waals surface area contributed by atoms with E-state index in [1.54, 1.807) is 0 Å². The van der Waals surface area contributed by atoms with Gasteiger partial charge in [-0.25, -0.2) is 0 Å². The van der Waals surface area contributed by atoms with E-state index in [0.29, 0.717) is 0 Å². The molecule has 3 heterocycles. The highest BCUT2D eigenvalue weighted by atomic mass is 32.1. The van der Waals surface area contributed by atoms with Crippen LogP contribution in [0.5, 0.6) is 0 Å². The van der Waals surface area contributed by atoms with Crippen LogP contribution in [0.1, 0.15) is 0 Å². The Hall–Kier alpha value is -8.54. The molecular formula is C66H40N2S2. The second-order valence-electron chi connectivity index (χ2n) is 18.3. The number of benzene rings is 11. The van der Waals surface area contributed by atoms with E-state index in [1.165, 1.54) is 106 Å². The van der Waals surface area contributed by atoms with Crippen LogP contribution in [0.3, 0.4) is 0 Å². The van der Waals surface area contributed by atoms with E-state index < -0.39 is 0 Å². The van der Waals surface area contributed by atoms with Crippen LogP contribution < -0.4 is 0 Å². The Kier molecular flexibility index (Phi) is 8.73. The van der Waals surface area contributed by atoms with Gasteiger partial charge in [0.25, 0.3) is 0 Å². The lowest BCUT2D eigenvalue weighted by molar-refractivity contribution is 1.09. The Bertz CT molecular complexity index is 4700. The van der Waals surface area contributed by atoms with Crippen molar-refractivity contribution in [3.8, 4) is 33.6 Å². The van der Waals surface area contributed by atoms with E-state index in [4.69, 9.17) is 0 Å². The van der Waals surface area contributed by atoms with E-state index in [1.807, 2.05) is 22.7 Å². The first-order valence-electron chi connectivity index (χ1n) is 23.9. The molecule has 0 unspecified atom stereocenters. The zero-order chi connectivity index (χ0) is 45.9. The number of fused-ring (bicyclic) bond motifs is 16. The molecule has 15 aromatic rings. The van der Waals surface area contributed by atoms with Gasteiger partial charge in [-0.3, -0.25) is 0 Å². The van der Waals surface area contributed by atoms with Crippen LogP contribution >= 0.6 is 22.7 Å². The fourth-order valence-corrected chi connectivity index (χ4v) is 14.1. The number of para-hydroxylation sites is 4. The predicted octanol–water partition coefficient (Wildman–Crippen LogP) is 19.4. The lowest BCUT2D eigenvalue weighted by Gasteiger charge is -2.23. The minimum Gasteiger partial charge on any atom is -0.306 e. The van der Waals surface area contributed by atoms with Gasteiger partial charge in [0.15, 0.2) is 0 Å². The number of nitrogens with zero attached hydrogens (tertiary/aromatic N) is 2. The van der Waals surface area contributed by atoms with Crippen LogP contribution in [0, 0.1) is 0 Å². The number of hydrogen-bond acceptors (Lipinski definition) is 2. The Labute approximate surface area is 411 Å². The molecule has 0 atom stereocenters. The highest BCUT2D eigenvalue weighted by Gasteiger charge is 2.22. The molecule has 12 aromatic carbocycles. The van der Waals surface area contributed by atoms with Crippen LogP contribution in [-0.4, -0.2) is 9.13 Å². The van der Waals surface area contributed by atoms with E-state index in [0.717, 1.165) is 33.4 Å². The fraction of sp³-hybridized carbons (Fsp3) is 0. The molecule has 0 aliphatic heterocycles. The smallest absolute Gasteiger partial charge is 0.0709 e. The number of rotatable bonds is 4. The molecule has 0 amide bonds. The first-order chi connectivity index (χ1) is 34.8. The predicted molar refractivity (Wildman–Crippen MR) is 304 cm³/mol. The van der Waals surface area contributed by atoms with Gasteiger partial charge in [0.2, 0.25) is 0 Å². The van der Waals surface area contributed by atoms with Crippen molar-refractivity contribution in [2.75, 3.05) is 0 Å². The average molecular weight is 925 g/mol. The maximum absolute atomic E-state index is 2.50. The monoisotopic (exact) mass is 924 g/mol. The van der Waals surface area contributed by atoms with Gasteiger partial charge in [0.1, 0.15) is 0 Å². The summed E-state index contributed by atoms with van der Waals surface area (Å²) in [5, 5.41) is 14.9. The van der Waals surface area contributed by atoms with Crippen LogP contribution in [0.25, 0.3) is 139 Å². The maximum atomic E-state index is 2.50. The Morgan fingerprint density at radius 1 is 0.229 bits per heavy atom. The van der Waals surface area contributed by atoms with Gasteiger partial charge >= 0.3 is 0 Å². The molecular weight excluding hydrogens is 885 g/mol. The quantitative estimate of drug-likeness (QED) is 0.156. The van der Waals surface area contributed by atoms with Gasteiger partial charge in [-0.1, -0.05) is 182 Å². The van der Waals surface area contributed by atoms with Gasteiger partial charge in [0.05, 0.1) is 22.1 Å². The third kappa shape index (κ3) is 5.78. The van der Waals surface area contributed by atoms with E-state index in [2.05, 4.69) is 252 Å². The van der Waals surface area contributed by atoms with Crippen LogP contribution in [0.2, 0.25) is 0 Å². The van der Waals surface area contributed by atoms with Crippen LogP contribution in [0.15, 0.2) is 243 Å². The zero-order valence-corrected chi connectivity index (χ0v) is 39.4. The standard InChI is InChI=1S/C66H40N2S2/c1-3-19-41(20-4-1)67-57-35-11-12-36-58(57)68(42-21-5-2-6-22-42)60-40-56-50-30-16-29-49(54-34-18-32-52-46-26-10-14-38-62(46)70-66(52)54)64(50)63-47(43-23-7-8-24-44(43)55(56)39-59(60)67)27-15-28-48(63)53-33-17-31-51-45-25-9-13-37-61(45)69-65(51)53/h1-40H. The maximum Gasteiger partial charge on any atom is 0.0709 e. The highest BCUT2D eigenvalue weighted by Crippen LogP contribution is 2.49. The van der Waals surface area contributed by atoms with Gasteiger partial charge in [-0.2, -0.15) is 0 Å². The zero-order valence-electron chi connectivity index (χ0n) is 37.8. The SMILES string of the molecule is c1ccc(-n2c3ccccc3n(-c3ccccc3)c3cc4c(cc32)c2ccccc2c2cccc(-c3cccc5c3sc3ccccc35)c2c2c(-c3cccc5c3sc3ccccc35)cccc42)cc1. The summed E-state index contributed by atoms with van der Waals surface area (Å²) in [4.78, 5) is 0. The molecule has 70 heavy (non-hydrogen) atoms. The largest absolute Gasteiger partial charge is 0.306 e.